The fraction of sp³-hybridized carbons (Fsp3) is 0.636. The molecule has 2 saturated heterocycles. The summed E-state index contributed by atoms with van der Waals surface area (Å²) in [5.41, 5.74) is 0.966. The van der Waals surface area contributed by atoms with Crippen LogP contribution in [-0.2, 0) is 9.59 Å². The number of nitrogens with zero attached hydrogens (tertiary/aromatic N) is 2. The van der Waals surface area contributed by atoms with Gasteiger partial charge in [-0.05, 0) is 69.9 Å². The quantitative estimate of drug-likeness (QED) is 0.815. The molecule has 0 radical (unpaired) electrons. The van der Waals surface area contributed by atoms with Crippen molar-refractivity contribution in [1.82, 2.24) is 15.1 Å². The minimum Gasteiger partial charge on any atom is -0.497 e. The standard InChI is InChI=1S/C22H33N3O3/c1-4-25-20(26)9-8-19(21(25)17-6-5-7-18(14-17)28-3)22(27)23-15-16-10-12-24(2)13-11-16/h5-7,14,16,19,21H,4,8-13,15H2,1-3H3,(H,23,27)/t19-,21+/m1/s1. The van der Waals surface area contributed by atoms with Crippen molar-refractivity contribution in [3.8, 4) is 5.75 Å². The molecule has 3 rings (SSSR count). The zero-order chi connectivity index (χ0) is 20.1. The summed E-state index contributed by atoms with van der Waals surface area (Å²) in [5.74, 6) is 1.25. The highest BCUT2D eigenvalue weighted by Gasteiger charge is 2.40. The van der Waals surface area contributed by atoms with E-state index in [0.717, 1.165) is 43.8 Å². The van der Waals surface area contributed by atoms with Gasteiger partial charge in [0.05, 0.1) is 19.1 Å². The van der Waals surface area contributed by atoms with Gasteiger partial charge in [0.25, 0.3) is 0 Å². The second-order valence-electron chi connectivity index (χ2n) is 8.04. The molecule has 2 amide bonds. The van der Waals surface area contributed by atoms with Gasteiger partial charge in [0.2, 0.25) is 11.8 Å². The van der Waals surface area contributed by atoms with Crippen LogP contribution in [0, 0.1) is 11.8 Å². The van der Waals surface area contributed by atoms with Crippen molar-refractivity contribution in [3.63, 3.8) is 0 Å². The van der Waals surface area contributed by atoms with Crippen LogP contribution in [0.4, 0.5) is 0 Å². The summed E-state index contributed by atoms with van der Waals surface area (Å²) in [7, 11) is 3.78. The summed E-state index contributed by atoms with van der Waals surface area (Å²) >= 11 is 0. The van der Waals surface area contributed by atoms with Crippen molar-refractivity contribution < 1.29 is 14.3 Å². The molecule has 0 aromatic heterocycles. The van der Waals surface area contributed by atoms with Crippen LogP contribution in [0.2, 0.25) is 0 Å². The van der Waals surface area contributed by atoms with Gasteiger partial charge in [0.1, 0.15) is 5.75 Å². The largest absolute Gasteiger partial charge is 0.497 e. The second kappa shape index (κ2) is 9.41. The maximum Gasteiger partial charge on any atom is 0.225 e. The highest BCUT2D eigenvalue weighted by molar-refractivity contribution is 5.85. The molecule has 154 valence electrons. The fourth-order valence-corrected chi connectivity index (χ4v) is 4.48. The Morgan fingerprint density at radius 3 is 2.68 bits per heavy atom. The van der Waals surface area contributed by atoms with Gasteiger partial charge in [-0.1, -0.05) is 12.1 Å². The number of carbonyl (C=O) groups excluding carboxylic acids is 2. The lowest BCUT2D eigenvalue weighted by Crippen LogP contribution is -2.48. The fourth-order valence-electron chi connectivity index (χ4n) is 4.48. The molecule has 28 heavy (non-hydrogen) atoms. The van der Waals surface area contributed by atoms with Crippen LogP contribution in [0.15, 0.2) is 24.3 Å². The lowest BCUT2D eigenvalue weighted by Gasteiger charge is -2.40. The van der Waals surface area contributed by atoms with Crippen LogP contribution in [0.25, 0.3) is 0 Å². The summed E-state index contributed by atoms with van der Waals surface area (Å²) in [5, 5.41) is 3.20. The lowest BCUT2D eigenvalue weighted by atomic mass is 9.83. The number of methoxy groups -OCH3 is 1. The first-order chi connectivity index (χ1) is 13.5. The maximum atomic E-state index is 13.1. The van der Waals surface area contributed by atoms with E-state index >= 15 is 0 Å². The molecule has 2 aliphatic rings. The Labute approximate surface area is 168 Å². The van der Waals surface area contributed by atoms with E-state index in [0.29, 0.717) is 25.3 Å². The van der Waals surface area contributed by atoms with E-state index in [1.165, 1.54) is 0 Å². The van der Waals surface area contributed by atoms with E-state index in [1.807, 2.05) is 36.1 Å². The molecular weight excluding hydrogens is 354 g/mol. The SMILES string of the molecule is CCN1C(=O)CC[C@@H](C(=O)NCC2CCN(C)CC2)[C@@H]1c1cccc(OC)c1. The number of benzene rings is 1. The normalized spacial score (nSPS) is 24.2. The molecule has 1 N–H and O–H groups in total. The van der Waals surface area contributed by atoms with Gasteiger partial charge in [-0.25, -0.2) is 0 Å². The summed E-state index contributed by atoms with van der Waals surface area (Å²) in [6.45, 7) is 5.49. The van der Waals surface area contributed by atoms with Crippen molar-refractivity contribution in [2.45, 2.75) is 38.6 Å². The first kappa shape index (κ1) is 20.6. The van der Waals surface area contributed by atoms with E-state index in [1.54, 1.807) is 7.11 Å². The van der Waals surface area contributed by atoms with E-state index in [2.05, 4.69) is 17.3 Å². The van der Waals surface area contributed by atoms with Crippen molar-refractivity contribution in [2.75, 3.05) is 40.3 Å². The number of ether oxygens (including phenoxy) is 1. The predicted molar refractivity (Wildman–Crippen MR) is 109 cm³/mol. The number of nitrogens with one attached hydrogen (secondary N) is 1. The molecule has 1 aromatic carbocycles. The Kier molecular flexibility index (Phi) is 6.94. The number of hydrogen-bond donors (Lipinski definition) is 1. The summed E-state index contributed by atoms with van der Waals surface area (Å²) in [4.78, 5) is 29.8. The van der Waals surface area contributed by atoms with E-state index < -0.39 is 0 Å². The second-order valence-corrected chi connectivity index (χ2v) is 8.04. The Morgan fingerprint density at radius 2 is 2.00 bits per heavy atom. The summed E-state index contributed by atoms with van der Waals surface area (Å²) in [6, 6.07) is 7.52. The van der Waals surface area contributed by atoms with Gasteiger partial charge < -0.3 is 19.9 Å². The monoisotopic (exact) mass is 387 g/mol. The van der Waals surface area contributed by atoms with E-state index in [-0.39, 0.29) is 23.8 Å². The minimum absolute atomic E-state index is 0.0673. The first-order valence-corrected chi connectivity index (χ1v) is 10.4. The molecule has 0 aliphatic carbocycles. The average Bonchev–Trinajstić information content (AvgIpc) is 2.72. The Morgan fingerprint density at radius 1 is 1.25 bits per heavy atom. The Hall–Kier alpha value is -2.08. The number of hydrogen-bond acceptors (Lipinski definition) is 4. The molecule has 2 atom stereocenters. The molecule has 2 aliphatic heterocycles. The van der Waals surface area contributed by atoms with Gasteiger partial charge in [-0.2, -0.15) is 0 Å². The molecule has 2 fully saturated rings. The molecule has 0 spiro atoms. The first-order valence-electron chi connectivity index (χ1n) is 10.4. The molecule has 0 bridgehead atoms. The number of rotatable bonds is 6. The molecule has 0 saturated carbocycles. The summed E-state index contributed by atoms with van der Waals surface area (Å²) < 4.78 is 5.36. The zero-order valence-electron chi connectivity index (χ0n) is 17.3. The summed E-state index contributed by atoms with van der Waals surface area (Å²) in [6.07, 6.45) is 3.28. The van der Waals surface area contributed by atoms with Crippen LogP contribution in [-0.4, -0.2) is 62.0 Å². The number of piperidine rings is 2. The molecule has 2 heterocycles. The van der Waals surface area contributed by atoms with Gasteiger partial charge in [-0.15, -0.1) is 0 Å². The number of carbonyl (C=O) groups is 2. The third-order valence-electron chi connectivity index (χ3n) is 6.22. The zero-order valence-corrected chi connectivity index (χ0v) is 17.3. The highest BCUT2D eigenvalue weighted by atomic mass is 16.5. The number of amides is 2. The van der Waals surface area contributed by atoms with E-state index in [4.69, 9.17) is 4.74 Å². The van der Waals surface area contributed by atoms with Gasteiger partial charge in [0.15, 0.2) is 0 Å². The molecule has 6 heteroatoms. The highest BCUT2D eigenvalue weighted by Crippen LogP contribution is 2.37. The van der Waals surface area contributed by atoms with Crippen LogP contribution in [0.5, 0.6) is 5.75 Å². The third kappa shape index (κ3) is 4.66. The van der Waals surface area contributed by atoms with Crippen molar-refractivity contribution in [3.05, 3.63) is 29.8 Å². The minimum atomic E-state index is -0.237. The van der Waals surface area contributed by atoms with Gasteiger partial charge >= 0.3 is 0 Å². The van der Waals surface area contributed by atoms with Crippen LogP contribution in [0.3, 0.4) is 0 Å². The average molecular weight is 388 g/mol. The molecule has 1 aromatic rings. The van der Waals surface area contributed by atoms with Crippen molar-refractivity contribution in [2.24, 2.45) is 11.8 Å². The lowest BCUT2D eigenvalue weighted by molar-refractivity contribution is -0.143. The van der Waals surface area contributed by atoms with Crippen molar-refractivity contribution in [1.29, 1.82) is 0 Å². The van der Waals surface area contributed by atoms with Crippen LogP contribution < -0.4 is 10.1 Å². The topological polar surface area (TPSA) is 61.9 Å². The molecular formula is C22H33N3O3. The van der Waals surface area contributed by atoms with Gasteiger partial charge in [-0.3, -0.25) is 9.59 Å². The third-order valence-corrected chi connectivity index (χ3v) is 6.22. The predicted octanol–water partition coefficient (Wildman–Crippen LogP) is 2.45. The molecule has 6 nitrogen and oxygen atoms in total. The molecule has 0 unspecified atom stereocenters. The number of likely N-dealkylation sites (tertiary alicyclic amines) is 2. The van der Waals surface area contributed by atoms with E-state index in [9.17, 15) is 9.59 Å². The smallest absolute Gasteiger partial charge is 0.225 e. The van der Waals surface area contributed by atoms with Gasteiger partial charge in [0, 0.05) is 19.5 Å². The van der Waals surface area contributed by atoms with Crippen LogP contribution in [0.1, 0.15) is 44.2 Å². The maximum absolute atomic E-state index is 13.1. The Bertz CT molecular complexity index is 685. The Balaban J connectivity index is 1.74. The van der Waals surface area contributed by atoms with Crippen LogP contribution >= 0.6 is 0 Å². The van der Waals surface area contributed by atoms with Crippen molar-refractivity contribution >= 4 is 11.8 Å².